The van der Waals surface area contributed by atoms with Gasteiger partial charge in [0.05, 0.1) is 16.3 Å². The molecule has 6 nitrogen and oxygen atoms in total. The van der Waals surface area contributed by atoms with Crippen molar-refractivity contribution in [1.29, 1.82) is 0 Å². The van der Waals surface area contributed by atoms with E-state index < -0.39 is 0 Å². The minimum absolute atomic E-state index is 0.192. The largest absolute Gasteiger partial charge is 0.296 e. The van der Waals surface area contributed by atoms with Crippen molar-refractivity contribution in [2.45, 2.75) is 18.2 Å². The van der Waals surface area contributed by atoms with Gasteiger partial charge in [-0.25, -0.2) is 4.68 Å². The summed E-state index contributed by atoms with van der Waals surface area (Å²) in [6, 6.07) is 9.32. The zero-order valence-corrected chi connectivity index (χ0v) is 17.6. The van der Waals surface area contributed by atoms with E-state index in [0.717, 1.165) is 31.7 Å². The molecule has 1 amide bonds. The molecule has 0 aliphatic carbocycles. The molecule has 0 saturated carbocycles. The van der Waals surface area contributed by atoms with Gasteiger partial charge in [0.2, 0.25) is 5.13 Å². The van der Waals surface area contributed by atoms with Gasteiger partial charge in [-0.3, -0.25) is 10.1 Å². The Morgan fingerprint density at radius 1 is 1.26 bits per heavy atom. The topological polar surface area (TPSA) is 72.7 Å². The molecule has 10 heteroatoms. The second-order valence-electron chi connectivity index (χ2n) is 5.56. The fraction of sp³-hybridized carbons (Fsp3) is 0.176. The van der Waals surface area contributed by atoms with Crippen LogP contribution in [-0.4, -0.2) is 31.6 Å². The molecule has 0 aliphatic rings. The standard InChI is InChI=1S/C17H14ClN5OS3/c1-3-25-17-21-20-16(27-17)19-14(24)13-8-12-9(2)22-23(15(12)26-13)11-6-4-10(18)5-7-11/h4-8H,3H2,1-2H3,(H,19,20,24). The van der Waals surface area contributed by atoms with Crippen LogP contribution in [-0.2, 0) is 0 Å². The number of anilines is 1. The average Bonchev–Trinajstić information content (AvgIpc) is 3.34. The summed E-state index contributed by atoms with van der Waals surface area (Å²) in [4.78, 5) is 14.2. The van der Waals surface area contributed by atoms with Gasteiger partial charge in [-0.05, 0) is 43.0 Å². The molecular formula is C17H14ClN5OS3. The number of fused-ring (bicyclic) bond motifs is 1. The fourth-order valence-corrected chi connectivity index (χ4v) is 5.37. The Bertz CT molecular complexity index is 1120. The van der Waals surface area contributed by atoms with Crippen LogP contribution in [0.5, 0.6) is 0 Å². The van der Waals surface area contributed by atoms with Gasteiger partial charge in [0.15, 0.2) is 4.34 Å². The summed E-state index contributed by atoms with van der Waals surface area (Å²) in [6.07, 6.45) is 0. The number of thioether (sulfide) groups is 1. The van der Waals surface area contributed by atoms with E-state index in [2.05, 4.69) is 20.6 Å². The Balaban J connectivity index is 1.63. The van der Waals surface area contributed by atoms with Crippen molar-refractivity contribution < 1.29 is 4.79 Å². The number of aromatic nitrogens is 4. The molecule has 0 aliphatic heterocycles. The molecule has 0 bridgehead atoms. The number of thiophene rings is 1. The van der Waals surface area contributed by atoms with Gasteiger partial charge in [0.25, 0.3) is 5.91 Å². The zero-order chi connectivity index (χ0) is 19.0. The maximum atomic E-state index is 12.6. The molecule has 0 fully saturated rings. The molecule has 1 N–H and O–H groups in total. The van der Waals surface area contributed by atoms with Crippen molar-refractivity contribution in [3.05, 3.63) is 45.9 Å². The van der Waals surface area contributed by atoms with Gasteiger partial charge in [-0.1, -0.05) is 41.6 Å². The van der Waals surface area contributed by atoms with Gasteiger partial charge in [-0.2, -0.15) is 5.10 Å². The number of rotatable bonds is 5. The molecule has 0 saturated heterocycles. The number of halogens is 1. The third-order valence-electron chi connectivity index (χ3n) is 3.73. The maximum Gasteiger partial charge on any atom is 0.267 e. The van der Waals surface area contributed by atoms with E-state index in [9.17, 15) is 4.79 Å². The lowest BCUT2D eigenvalue weighted by molar-refractivity contribution is 0.103. The Morgan fingerprint density at radius 3 is 2.78 bits per heavy atom. The monoisotopic (exact) mass is 435 g/mol. The van der Waals surface area contributed by atoms with Crippen LogP contribution in [0.1, 0.15) is 22.3 Å². The molecule has 1 aromatic carbocycles. The normalized spacial score (nSPS) is 11.2. The highest BCUT2D eigenvalue weighted by atomic mass is 35.5. The second-order valence-corrected chi connectivity index (χ2v) is 9.52. The predicted octanol–water partition coefficient (Wildman–Crippen LogP) is 5.26. The third-order valence-corrected chi connectivity index (χ3v) is 6.95. The summed E-state index contributed by atoms with van der Waals surface area (Å²) in [5.41, 5.74) is 1.77. The quantitative estimate of drug-likeness (QED) is 0.341. The molecule has 138 valence electrons. The maximum absolute atomic E-state index is 12.6. The first-order chi connectivity index (χ1) is 13.0. The van der Waals surface area contributed by atoms with Crippen LogP contribution in [0.15, 0.2) is 34.7 Å². The number of nitrogens with one attached hydrogen (secondary N) is 1. The lowest BCUT2D eigenvalue weighted by atomic mass is 10.3. The number of carbonyl (C=O) groups is 1. The van der Waals surface area contributed by atoms with E-state index in [0.29, 0.717) is 15.0 Å². The highest BCUT2D eigenvalue weighted by Crippen LogP contribution is 2.32. The number of nitrogens with zero attached hydrogens (tertiary/aromatic N) is 4. The first-order valence-corrected chi connectivity index (χ1v) is 11.1. The highest BCUT2D eigenvalue weighted by Gasteiger charge is 2.18. The molecule has 27 heavy (non-hydrogen) atoms. The highest BCUT2D eigenvalue weighted by molar-refractivity contribution is 8.01. The summed E-state index contributed by atoms with van der Waals surface area (Å²) in [5.74, 6) is 0.724. The van der Waals surface area contributed by atoms with Gasteiger partial charge in [0.1, 0.15) is 4.83 Å². The van der Waals surface area contributed by atoms with Gasteiger partial charge < -0.3 is 0 Å². The number of amides is 1. The molecule has 4 aromatic rings. The molecule has 0 atom stereocenters. The predicted molar refractivity (Wildman–Crippen MR) is 113 cm³/mol. The number of benzene rings is 1. The first-order valence-electron chi connectivity index (χ1n) is 8.08. The van der Waals surface area contributed by atoms with Crippen molar-refractivity contribution in [2.24, 2.45) is 0 Å². The van der Waals surface area contributed by atoms with Crippen LogP contribution < -0.4 is 5.32 Å². The minimum Gasteiger partial charge on any atom is -0.296 e. The summed E-state index contributed by atoms with van der Waals surface area (Å²) >= 11 is 10.3. The van der Waals surface area contributed by atoms with Crippen LogP contribution in [0.3, 0.4) is 0 Å². The summed E-state index contributed by atoms with van der Waals surface area (Å²) in [5, 5.41) is 17.6. The number of carbonyl (C=O) groups excluding carboxylic acids is 1. The minimum atomic E-state index is -0.192. The van der Waals surface area contributed by atoms with Crippen molar-refractivity contribution in [1.82, 2.24) is 20.0 Å². The number of aryl methyl sites for hydroxylation is 1. The van der Waals surface area contributed by atoms with E-state index in [4.69, 9.17) is 11.6 Å². The first kappa shape index (κ1) is 18.4. The van der Waals surface area contributed by atoms with Gasteiger partial charge >= 0.3 is 0 Å². The van der Waals surface area contributed by atoms with E-state index in [1.165, 1.54) is 22.7 Å². The van der Waals surface area contributed by atoms with Gasteiger partial charge in [0, 0.05) is 10.4 Å². The Morgan fingerprint density at radius 2 is 2.04 bits per heavy atom. The molecule has 4 rings (SSSR count). The third kappa shape index (κ3) is 3.73. The number of hydrogen-bond acceptors (Lipinski definition) is 7. The molecule has 3 heterocycles. The molecule has 0 unspecified atom stereocenters. The Kier molecular flexibility index (Phi) is 5.18. The summed E-state index contributed by atoms with van der Waals surface area (Å²) < 4.78 is 2.68. The van der Waals surface area contributed by atoms with Crippen LogP contribution in [0.25, 0.3) is 15.9 Å². The fourth-order valence-electron chi connectivity index (χ4n) is 2.52. The zero-order valence-electron chi connectivity index (χ0n) is 14.4. The van der Waals surface area contributed by atoms with E-state index in [1.54, 1.807) is 11.8 Å². The van der Waals surface area contributed by atoms with E-state index in [-0.39, 0.29) is 5.91 Å². The van der Waals surface area contributed by atoms with Crippen LogP contribution >= 0.6 is 46.0 Å². The van der Waals surface area contributed by atoms with E-state index in [1.807, 2.05) is 48.9 Å². The Labute approximate surface area is 172 Å². The van der Waals surface area contributed by atoms with Crippen molar-refractivity contribution in [3.63, 3.8) is 0 Å². The van der Waals surface area contributed by atoms with Crippen molar-refractivity contribution >= 4 is 67.3 Å². The summed E-state index contributed by atoms with van der Waals surface area (Å²) in [7, 11) is 0. The van der Waals surface area contributed by atoms with Crippen molar-refractivity contribution in [3.8, 4) is 5.69 Å². The Hall–Kier alpha value is -1.94. The van der Waals surface area contributed by atoms with Crippen LogP contribution in [0.2, 0.25) is 5.02 Å². The molecule has 0 spiro atoms. The smallest absolute Gasteiger partial charge is 0.267 e. The molecule has 0 radical (unpaired) electrons. The van der Waals surface area contributed by atoms with Crippen LogP contribution in [0.4, 0.5) is 5.13 Å². The van der Waals surface area contributed by atoms with E-state index >= 15 is 0 Å². The van der Waals surface area contributed by atoms with Gasteiger partial charge in [-0.15, -0.1) is 21.5 Å². The van der Waals surface area contributed by atoms with Crippen LogP contribution in [0, 0.1) is 6.92 Å². The molecular weight excluding hydrogens is 422 g/mol. The lowest BCUT2D eigenvalue weighted by Crippen LogP contribution is -2.09. The van der Waals surface area contributed by atoms with Crippen molar-refractivity contribution in [2.75, 3.05) is 11.1 Å². The summed E-state index contributed by atoms with van der Waals surface area (Å²) in [6.45, 7) is 3.98. The molecule has 3 aromatic heterocycles. The average molecular weight is 436 g/mol. The number of hydrogen-bond donors (Lipinski definition) is 1. The second kappa shape index (κ2) is 7.59. The lowest BCUT2D eigenvalue weighted by Gasteiger charge is -2.02. The SMILES string of the molecule is CCSc1nnc(NC(=O)c2cc3c(C)nn(-c4ccc(Cl)cc4)c3s2)s1.